The van der Waals surface area contributed by atoms with Crippen LogP contribution in [-0.4, -0.2) is 21.3 Å². The Morgan fingerprint density at radius 3 is 3.00 bits per heavy atom. The molecule has 4 nitrogen and oxygen atoms in total. The van der Waals surface area contributed by atoms with Crippen LogP contribution in [0.2, 0.25) is 0 Å². The SMILES string of the molecule is CCCc1sc(C(=O)O)cc1-c1cn[nH]c1. The van der Waals surface area contributed by atoms with Gasteiger partial charge in [0.15, 0.2) is 0 Å². The summed E-state index contributed by atoms with van der Waals surface area (Å²) in [6, 6.07) is 1.73. The van der Waals surface area contributed by atoms with Gasteiger partial charge in [0.1, 0.15) is 4.88 Å². The highest BCUT2D eigenvalue weighted by atomic mass is 32.1. The number of H-pyrrole nitrogens is 1. The number of carbonyl (C=O) groups is 1. The molecule has 0 radical (unpaired) electrons. The molecule has 0 aliphatic heterocycles. The average molecular weight is 236 g/mol. The molecule has 0 bridgehead atoms. The minimum Gasteiger partial charge on any atom is -0.477 e. The minimum atomic E-state index is -0.864. The molecule has 0 amide bonds. The third-order valence-electron chi connectivity index (χ3n) is 2.31. The van der Waals surface area contributed by atoms with Crippen LogP contribution >= 0.6 is 11.3 Å². The van der Waals surface area contributed by atoms with E-state index < -0.39 is 5.97 Å². The number of aromatic amines is 1. The van der Waals surface area contributed by atoms with E-state index in [1.165, 1.54) is 11.3 Å². The Balaban J connectivity index is 2.46. The molecule has 0 saturated heterocycles. The van der Waals surface area contributed by atoms with Crippen LogP contribution in [-0.2, 0) is 6.42 Å². The van der Waals surface area contributed by atoms with Gasteiger partial charge in [0.2, 0.25) is 0 Å². The summed E-state index contributed by atoms with van der Waals surface area (Å²) in [6.45, 7) is 2.08. The maximum absolute atomic E-state index is 10.9. The summed E-state index contributed by atoms with van der Waals surface area (Å²) >= 11 is 1.35. The van der Waals surface area contributed by atoms with Gasteiger partial charge in [0, 0.05) is 16.6 Å². The first kappa shape index (κ1) is 10.9. The summed E-state index contributed by atoms with van der Waals surface area (Å²) in [7, 11) is 0. The zero-order chi connectivity index (χ0) is 11.5. The van der Waals surface area contributed by atoms with Gasteiger partial charge in [-0.3, -0.25) is 5.10 Å². The van der Waals surface area contributed by atoms with Crippen LogP contribution < -0.4 is 0 Å². The first-order valence-electron chi connectivity index (χ1n) is 5.07. The number of hydrogen-bond donors (Lipinski definition) is 2. The molecule has 0 aromatic carbocycles. The lowest BCUT2D eigenvalue weighted by Gasteiger charge is -1.97. The van der Waals surface area contributed by atoms with Crippen molar-refractivity contribution in [2.75, 3.05) is 0 Å². The Bertz CT molecular complexity index is 488. The van der Waals surface area contributed by atoms with Crippen LogP contribution in [0.15, 0.2) is 18.5 Å². The highest BCUT2D eigenvalue weighted by Gasteiger charge is 2.14. The summed E-state index contributed by atoms with van der Waals surface area (Å²) in [4.78, 5) is 12.4. The zero-order valence-electron chi connectivity index (χ0n) is 8.86. The van der Waals surface area contributed by atoms with E-state index >= 15 is 0 Å². The lowest BCUT2D eigenvalue weighted by molar-refractivity contribution is 0.0702. The van der Waals surface area contributed by atoms with Crippen molar-refractivity contribution in [3.05, 3.63) is 28.2 Å². The van der Waals surface area contributed by atoms with E-state index in [1.807, 2.05) is 0 Å². The van der Waals surface area contributed by atoms with E-state index in [1.54, 1.807) is 18.5 Å². The summed E-state index contributed by atoms with van der Waals surface area (Å²) < 4.78 is 0. The van der Waals surface area contributed by atoms with Crippen molar-refractivity contribution >= 4 is 17.3 Å². The first-order valence-corrected chi connectivity index (χ1v) is 5.89. The number of rotatable bonds is 4. The standard InChI is InChI=1S/C11H12N2O2S/c1-2-3-9-8(7-5-12-13-6-7)4-10(16-9)11(14)15/h4-6H,2-3H2,1H3,(H,12,13)(H,14,15). The number of hydrogen-bond acceptors (Lipinski definition) is 3. The second-order valence-corrected chi connectivity index (χ2v) is 4.63. The van der Waals surface area contributed by atoms with Gasteiger partial charge in [0.05, 0.1) is 6.20 Å². The second kappa shape index (κ2) is 4.49. The molecule has 84 valence electrons. The number of aryl methyl sites for hydroxylation is 1. The molecule has 0 atom stereocenters. The topological polar surface area (TPSA) is 66.0 Å². The van der Waals surface area contributed by atoms with Gasteiger partial charge in [-0.15, -0.1) is 11.3 Å². The maximum Gasteiger partial charge on any atom is 0.345 e. The molecule has 0 spiro atoms. The molecular weight excluding hydrogens is 224 g/mol. The van der Waals surface area contributed by atoms with E-state index in [2.05, 4.69) is 17.1 Å². The molecule has 0 aliphatic rings. The fourth-order valence-corrected chi connectivity index (χ4v) is 2.71. The van der Waals surface area contributed by atoms with Crippen LogP contribution in [0, 0.1) is 0 Å². The van der Waals surface area contributed by atoms with E-state index in [4.69, 9.17) is 5.11 Å². The van der Waals surface area contributed by atoms with Crippen molar-refractivity contribution in [1.82, 2.24) is 10.2 Å². The number of aromatic nitrogens is 2. The molecule has 0 saturated carbocycles. The predicted molar refractivity (Wildman–Crippen MR) is 62.9 cm³/mol. The molecule has 0 fully saturated rings. The van der Waals surface area contributed by atoms with Crippen molar-refractivity contribution in [2.45, 2.75) is 19.8 Å². The van der Waals surface area contributed by atoms with Crippen LogP contribution in [0.3, 0.4) is 0 Å². The van der Waals surface area contributed by atoms with Gasteiger partial charge in [-0.25, -0.2) is 4.79 Å². The van der Waals surface area contributed by atoms with Gasteiger partial charge in [0.25, 0.3) is 0 Å². The van der Waals surface area contributed by atoms with Gasteiger partial charge in [-0.05, 0) is 18.1 Å². The molecule has 5 heteroatoms. The van der Waals surface area contributed by atoms with Crippen molar-refractivity contribution in [3.8, 4) is 11.1 Å². The molecule has 0 aliphatic carbocycles. The largest absolute Gasteiger partial charge is 0.477 e. The Morgan fingerprint density at radius 1 is 1.62 bits per heavy atom. The fraction of sp³-hybridized carbons (Fsp3) is 0.273. The van der Waals surface area contributed by atoms with Crippen molar-refractivity contribution in [3.63, 3.8) is 0 Å². The molecule has 16 heavy (non-hydrogen) atoms. The van der Waals surface area contributed by atoms with Crippen LogP contribution in [0.4, 0.5) is 0 Å². The molecular formula is C11H12N2O2S. The number of thiophene rings is 1. The van der Waals surface area contributed by atoms with Crippen LogP contribution in [0.25, 0.3) is 11.1 Å². The molecule has 2 aromatic heterocycles. The third kappa shape index (κ3) is 1.99. The summed E-state index contributed by atoms with van der Waals surface area (Å²) in [6.07, 6.45) is 5.41. The molecule has 2 rings (SSSR count). The third-order valence-corrected chi connectivity index (χ3v) is 3.49. The Hall–Kier alpha value is -1.62. The smallest absolute Gasteiger partial charge is 0.345 e. The highest BCUT2D eigenvalue weighted by molar-refractivity contribution is 7.14. The van der Waals surface area contributed by atoms with Gasteiger partial charge in [-0.1, -0.05) is 13.3 Å². The quantitative estimate of drug-likeness (QED) is 0.857. The maximum atomic E-state index is 10.9. The monoisotopic (exact) mass is 236 g/mol. The molecule has 2 aromatic rings. The van der Waals surface area contributed by atoms with Crippen molar-refractivity contribution in [1.29, 1.82) is 0 Å². The van der Waals surface area contributed by atoms with E-state index in [0.717, 1.165) is 28.8 Å². The van der Waals surface area contributed by atoms with E-state index in [9.17, 15) is 4.79 Å². The predicted octanol–water partition coefficient (Wildman–Crippen LogP) is 2.79. The van der Waals surface area contributed by atoms with Crippen LogP contribution in [0.1, 0.15) is 27.9 Å². The molecule has 2 heterocycles. The summed E-state index contributed by atoms with van der Waals surface area (Å²) in [5.74, 6) is -0.864. The average Bonchev–Trinajstić information content (AvgIpc) is 2.84. The van der Waals surface area contributed by atoms with E-state index in [0.29, 0.717) is 4.88 Å². The van der Waals surface area contributed by atoms with Crippen LogP contribution in [0.5, 0.6) is 0 Å². The fourth-order valence-electron chi connectivity index (χ4n) is 1.59. The Morgan fingerprint density at radius 2 is 2.44 bits per heavy atom. The highest BCUT2D eigenvalue weighted by Crippen LogP contribution is 2.32. The molecule has 2 N–H and O–H groups in total. The molecule has 0 unspecified atom stereocenters. The number of carboxylic acids is 1. The number of carboxylic acid groups (broad SMARTS) is 1. The van der Waals surface area contributed by atoms with Crippen molar-refractivity contribution < 1.29 is 9.90 Å². The zero-order valence-corrected chi connectivity index (χ0v) is 9.67. The lowest BCUT2D eigenvalue weighted by Crippen LogP contribution is -1.89. The Kier molecular flexibility index (Phi) is 3.05. The second-order valence-electron chi connectivity index (χ2n) is 3.49. The number of nitrogens with zero attached hydrogens (tertiary/aromatic N) is 1. The van der Waals surface area contributed by atoms with Gasteiger partial charge < -0.3 is 5.11 Å². The normalized spacial score (nSPS) is 10.6. The van der Waals surface area contributed by atoms with Gasteiger partial charge in [-0.2, -0.15) is 5.10 Å². The number of nitrogens with one attached hydrogen (secondary N) is 1. The minimum absolute atomic E-state index is 0.389. The first-order chi connectivity index (χ1) is 7.72. The lowest BCUT2D eigenvalue weighted by atomic mass is 10.1. The Labute approximate surface area is 96.9 Å². The van der Waals surface area contributed by atoms with Crippen molar-refractivity contribution in [2.24, 2.45) is 0 Å². The van der Waals surface area contributed by atoms with E-state index in [-0.39, 0.29) is 0 Å². The van der Waals surface area contributed by atoms with Gasteiger partial charge >= 0.3 is 5.97 Å². The summed E-state index contributed by atoms with van der Waals surface area (Å²) in [5.41, 5.74) is 1.94. The summed E-state index contributed by atoms with van der Waals surface area (Å²) in [5, 5.41) is 15.6. The number of aromatic carboxylic acids is 1.